The maximum atomic E-state index is 13.7. The van der Waals surface area contributed by atoms with Gasteiger partial charge in [0, 0.05) is 36.0 Å². The Labute approximate surface area is 168 Å². The highest BCUT2D eigenvalue weighted by Gasteiger charge is 2.24. The first kappa shape index (κ1) is 20.7. The summed E-state index contributed by atoms with van der Waals surface area (Å²) in [6, 6.07) is 2.15. The molecule has 0 radical (unpaired) electrons. The molecule has 0 aliphatic carbocycles. The molecule has 2 aromatic rings. The van der Waals surface area contributed by atoms with Gasteiger partial charge in [-0.25, -0.2) is 13.6 Å². The summed E-state index contributed by atoms with van der Waals surface area (Å²) in [6.45, 7) is 3.29. The summed E-state index contributed by atoms with van der Waals surface area (Å²) in [5.41, 5.74) is -0.0286. The molecule has 0 saturated carbocycles. The predicted molar refractivity (Wildman–Crippen MR) is 102 cm³/mol. The summed E-state index contributed by atoms with van der Waals surface area (Å²) in [5.74, 6) is -3.10. The van der Waals surface area contributed by atoms with Gasteiger partial charge < -0.3 is 9.84 Å². The summed E-state index contributed by atoms with van der Waals surface area (Å²) in [5, 5.41) is 8.92. The Balaban J connectivity index is 1.95. The smallest absolute Gasteiger partial charge is 0.354 e. The zero-order chi connectivity index (χ0) is 21.3. The number of carboxylic acid groups (broad SMARTS) is 1. The van der Waals surface area contributed by atoms with Gasteiger partial charge in [0.25, 0.3) is 5.56 Å². The van der Waals surface area contributed by atoms with Crippen LogP contribution in [0.1, 0.15) is 18.3 Å². The van der Waals surface area contributed by atoms with Gasteiger partial charge in [-0.2, -0.15) is 0 Å². The first-order chi connectivity index (χ1) is 13.7. The van der Waals surface area contributed by atoms with Crippen molar-refractivity contribution in [2.24, 2.45) is 10.9 Å². The van der Waals surface area contributed by atoms with E-state index in [4.69, 9.17) is 16.3 Å². The second-order valence-electron chi connectivity index (χ2n) is 6.48. The number of carboxylic acids is 1. The number of halogens is 3. The van der Waals surface area contributed by atoms with Gasteiger partial charge in [-0.15, -0.1) is 0 Å². The van der Waals surface area contributed by atoms with Crippen LogP contribution >= 0.6 is 11.6 Å². The normalized spacial score (nSPS) is 16.2. The molecule has 3 heterocycles. The summed E-state index contributed by atoms with van der Waals surface area (Å²) < 4.78 is 33.4. The molecule has 7 nitrogen and oxygen atoms in total. The van der Waals surface area contributed by atoms with Gasteiger partial charge in [0.15, 0.2) is 5.82 Å². The number of aromatic nitrogens is 2. The average molecular weight is 424 g/mol. The number of aryl methyl sites for hydroxylation is 1. The largest absolute Gasteiger partial charge is 0.485 e. The maximum absolute atomic E-state index is 13.7. The topological polar surface area (TPSA) is 93.8 Å². The molecule has 1 N–H and O–H groups in total. The number of rotatable bonds is 5. The fourth-order valence-electron chi connectivity index (χ4n) is 2.87. The van der Waals surface area contributed by atoms with Crippen molar-refractivity contribution in [3.8, 4) is 5.75 Å². The summed E-state index contributed by atoms with van der Waals surface area (Å²) in [4.78, 5) is 31.6. The summed E-state index contributed by atoms with van der Waals surface area (Å²) in [6.07, 6.45) is 2.19. The van der Waals surface area contributed by atoms with Crippen LogP contribution in [0.15, 0.2) is 34.2 Å². The van der Waals surface area contributed by atoms with Gasteiger partial charge in [-0.3, -0.25) is 19.3 Å². The zero-order valence-electron chi connectivity index (χ0n) is 15.4. The summed E-state index contributed by atoms with van der Waals surface area (Å²) in [7, 11) is 0. The van der Waals surface area contributed by atoms with Crippen LogP contribution in [-0.2, 0) is 11.4 Å². The van der Waals surface area contributed by atoms with E-state index in [0.717, 1.165) is 6.20 Å². The molecule has 0 fully saturated rings. The first-order valence-electron chi connectivity index (χ1n) is 8.53. The quantitative estimate of drug-likeness (QED) is 0.797. The molecule has 152 valence electrons. The third-order valence-corrected chi connectivity index (χ3v) is 4.70. The summed E-state index contributed by atoms with van der Waals surface area (Å²) >= 11 is 6.16. The number of dihydropyridines is 1. The number of aliphatic carboxylic acids is 1. The van der Waals surface area contributed by atoms with Gasteiger partial charge in [0.2, 0.25) is 0 Å². The van der Waals surface area contributed by atoms with Crippen molar-refractivity contribution < 1.29 is 23.4 Å². The van der Waals surface area contributed by atoms with Gasteiger partial charge in [-0.1, -0.05) is 18.5 Å². The fraction of sp³-hybridized carbons (Fsp3) is 0.263. The maximum Gasteiger partial charge on any atom is 0.354 e. The molecule has 10 heteroatoms. The van der Waals surface area contributed by atoms with E-state index in [-0.39, 0.29) is 41.2 Å². The van der Waals surface area contributed by atoms with E-state index >= 15 is 0 Å². The Bertz CT molecular complexity index is 1110. The van der Waals surface area contributed by atoms with Crippen molar-refractivity contribution in [1.82, 2.24) is 9.55 Å². The second kappa shape index (κ2) is 8.12. The highest BCUT2D eigenvalue weighted by Crippen LogP contribution is 2.27. The van der Waals surface area contributed by atoms with Crippen LogP contribution in [-0.4, -0.2) is 32.9 Å². The lowest BCUT2D eigenvalue weighted by atomic mass is 10.0. The second-order valence-corrected chi connectivity index (χ2v) is 6.85. The minimum absolute atomic E-state index is 0.00660. The number of aliphatic imine (C=N–C) groups is 1. The van der Waals surface area contributed by atoms with Gasteiger partial charge >= 0.3 is 5.97 Å². The molecule has 1 atom stereocenters. The number of hydrogen-bond donors (Lipinski definition) is 1. The van der Waals surface area contributed by atoms with Crippen LogP contribution < -0.4 is 10.3 Å². The van der Waals surface area contributed by atoms with Gasteiger partial charge in [0.1, 0.15) is 34.6 Å². The standard InChI is InChI=1S/C19H16ClF2N3O4/c1-9-6-23-13(19(27)28)5-15(9)25-10(2)3-16(17(20)18(25)26)29-8-14-12(22)4-11(21)7-24-14/h3-5,7,9H,6,8H2,1-2H3,(H,27,28). The zero-order valence-corrected chi connectivity index (χ0v) is 16.2. The third kappa shape index (κ3) is 4.19. The number of carbonyl (C=O) groups is 1. The lowest BCUT2D eigenvalue weighted by Gasteiger charge is -2.23. The molecular formula is C19H16ClF2N3O4. The Hall–Kier alpha value is -3.07. The molecule has 29 heavy (non-hydrogen) atoms. The Morgan fingerprint density at radius 2 is 2.14 bits per heavy atom. The lowest BCUT2D eigenvalue weighted by Crippen LogP contribution is -2.29. The van der Waals surface area contributed by atoms with Crippen molar-refractivity contribution in [3.05, 3.63) is 62.8 Å². The highest BCUT2D eigenvalue weighted by atomic mass is 35.5. The van der Waals surface area contributed by atoms with Gasteiger partial charge in [0.05, 0.1) is 6.20 Å². The molecular weight excluding hydrogens is 408 g/mol. The van der Waals surface area contributed by atoms with Crippen molar-refractivity contribution >= 4 is 29.0 Å². The molecule has 0 spiro atoms. The molecule has 0 bridgehead atoms. The predicted octanol–water partition coefficient (Wildman–Crippen LogP) is 3.08. The average Bonchev–Trinajstić information content (AvgIpc) is 2.66. The van der Waals surface area contributed by atoms with E-state index in [1.54, 1.807) is 13.8 Å². The Kier molecular flexibility index (Phi) is 5.78. The van der Waals surface area contributed by atoms with Crippen LogP contribution in [0, 0.1) is 24.5 Å². The lowest BCUT2D eigenvalue weighted by molar-refractivity contribution is -0.129. The Morgan fingerprint density at radius 3 is 2.79 bits per heavy atom. The van der Waals surface area contributed by atoms with E-state index in [0.29, 0.717) is 17.5 Å². The minimum Gasteiger partial charge on any atom is -0.485 e. The van der Waals surface area contributed by atoms with Crippen molar-refractivity contribution in [2.75, 3.05) is 6.54 Å². The first-order valence-corrected chi connectivity index (χ1v) is 8.91. The van der Waals surface area contributed by atoms with E-state index in [2.05, 4.69) is 9.98 Å². The molecule has 0 saturated heterocycles. The van der Waals surface area contributed by atoms with Crippen LogP contribution in [0.5, 0.6) is 5.75 Å². The number of pyridine rings is 2. The molecule has 1 aliphatic rings. The molecule has 0 amide bonds. The SMILES string of the molecule is Cc1cc(OCc2ncc(F)cc2F)c(Cl)c(=O)n1C1=CC(C(=O)O)=NCC1C. The molecule has 3 rings (SSSR count). The minimum atomic E-state index is -1.19. The number of hydrogen-bond acceptors (Lipinski definition) is 5. The van der Waals surface area contributed by atoms with E-state index < -0.39 is 23.2 Å². The van der Waals surface area contributed by atoms with Crippen LogP contribution in [0.3, 0.4) is 0 Å². The van der Waals surface area contributed by atoms with Crippen LogP contribution in [0.2, 0.25) is 5.02 Å². The van der Waals surface area contributed by atoms with Crippen LogP contribution in [0.25, 0.3) is 5.70 Å². The molecule has 2 aromatic heterocycles. The van der Waals surface area contributed by atoms with E-state index in [9.17, 15) is 23.5 Å². The van der Waals surface area contributed by atoms with E-state index in [1.165, 1.54) is 16.7 Å². The Morgan fingerprint density at radius 1 is 1.41 bits per heavy atom. The molecule has 1 aliphatic heterocycles. The molecule has 0 aromatic carbocycles. The fourth-order valence-corrected chi connectivity index (χ4v) is 3.07. The number of nitrogens with zero attached hydrogens (tertiary/aromatic N) is 3. The molecule has 1 unspecified atom stereocenters. The van der Waals surface area contributed by atoms with E-state index in [1.807, 2.05) is 0 Å². The van der Waals surface area contributed by atoms with Crippen molar-refractivity contribution in [2.45, 2.75) is 20.5 Å². The van der Waals surface area contributed by atoms with Gasteiger partial charge in [-0.05, 0) is 13.0 Å². The van der Waals surface area contributed by atoms with Crippen molar-refractivity contribution in [1.29, 1.82) is 0 Å². The monoisotopic (exact) mass is 423 g/mol. The van der Waals surface area contributed by atoms with Crippen molar-refractivity contribution in [3.63, 3.8) is 0 Å². The highest BCUT2D eigenvalue weighted by molar-refractivity contribution is 6.41. The third-order valence-electron chi connectivity index (χ3n) is 4.35. The number of ether oxygens (including phenoxy) is 1. The van der Waals surface area contributed by atoms with Crippen LogP contribution in [0.4, 0.5) is 8.78 Å².